The molecule has 2 aromatic carbocycles. The van der Waals surface area contributed by atoms with Gasteiger partial charge in [0.25, 0.3) is 5.91 Å². The first-order chi connectivity index (χ1) is 13.1. The Morgan fingerprint density at radius 3 is 2.07 bits per heavy atom. The molecule has 2 aromatic rings. The quantitative estimate of drug-likeness (QED) is 0.704. The molecule has 1 atom stereocenters. The number of esters is 1. The summed E-state index contributed by atoms with van der Waals surface area (Å²) in [6.45, 7) is 0.666. The van der Waals surface area contributed by atoms with Gasteiger partial charge in [-0.2, -0.15) is 4.31 Å². The zero-order valence-corrected chi connectivity index (χ0v) is 15.9. The highest BCUT2D eigenvalue weighted by atomic mass is 32.2. The number of likely N-dealkylation sites (N-methyl/N-ethyl adjacent to an activating group) is 1. The van der Waals surface area contributed by atoms with Crippen LogP contribution in [0.1, 0.15) is 6.92 Å². The van der Waals surface area contributed by atoms with Crippen LogP contribution in [0.5, 0.6) is 0 Å². The van der Waals surface area contributed by atoms with Crippen LogP contribution in [0.2, 0.25) is 0 Å². The number of sulfonamides is 1. The molecule has 0 fully saturated rings. The fourth-order valence-electron chi connectivity index (χ4n) is 2.12. The topological polar surface area (TPSA) is 92.8 Å². The molecule has 2 rings (SSSR count). The second kappa shape index (κ2) is 8.89. The number of halogens is 2. The molecule has 1 amide bonds. The molecule has 0 saturated carbocycles. The van der Waals surface area contributed by atoms with Crippen molar-refractivity contribution in [1.82, 2.24) is 4.31 Å². The number of benzene rings is 2. The van der Waals surface area contributed by atoms with E-state index in [0.717, 1.165) is 47.8 Å². The standard InChI is InChI=1S/C18H18F2N2O5S/c1-12(18(24)21-15-7-3-13(19)4-8-15)27-17(23)11-22(2)28(25,26)16-9-5-14(20)6-10-16/h3-10,12H,11H2,1-2H3,(H,21,24)/t12-/m0/s1. The summed E-state index contributed by atoms with van der Waals surface area (Å²) >= 11 is 0. The summed E-state index contributed by atoms with van der Waals surface area (Å²) in [5.74, 6) is -2.68. The molecule has 0 spiro atoms. The van der Waals surface area contributed by atoms with Gasteiger partial charge in [-0.25, -0.2) is 17.2 Å². The summed E-state index contributed by atoms with van der Waals surface area (Å²) in [6, 6.07) is 9.11. The van der Waals surface area contributed by atoms with Crippen molar-refractivity contribution in [2.24, 2.45) is 0 Å². The second-order valence-electron chi connectivity index (χ2n) is 5.84. The minimum atomic E-state index is -4.03. The molecule has 150 valence electrons. The minimum absolute atomic E-state index is 0.189. The summed E-state index contributed by atoms with van der Waals surface area (Å²) < 4.78 is 56.2. The molecule has 0 saturated heterocycles. The van der Waals surface area contributed by atoms with Crippen molar-refractivity contribution in [1.29, 1.82) is 0 Å². The van der Waals surface area contributed by atoms with Crippen LogP contribution >= 0.6 is 0 Å². The van der Waals surface area contributed by atoms with Crippen LogP contribution in [-0.2, 0) is 24.3 Å². The molecule has 0 aromatic heterocycles. The van der Waals surface area contributed by atoms with Crippen molar-refractivity contribution in [2.45, 2.75) is 17.9 Å². The van der Waals surface area contributed by atoms with E-state index in [0.29, 0.717) is 5.69 Å². The normalized spacial score (nSPS) is 12.5. The molecule has 0 aliphatic rings. The van der Waals surface area contributed by atoms with Crippen molar-refractivity contribution in [3.63, 3.8) is 0 Å². The summed E-state index contributed by atoms with van der Waals surface area (Å²) in [7, 11) is -2.87. The van der Waals surface area contributed by atoms with Gasteiger partial charge in [-0.15, -0.1) is 0 Å². The fourth-order valence-corrected chi connectivity index (χ4v) is 3.23. The van der Waals surface area contributed by atoms with E-state index in [4.69, 9.17) is 4.74 Å². The van der Waals surface area contributed by atoms with Crippen LogP contribution in [0, 0.1) is 11.6 Å². The highest BCUT2D eigenvalue weighted by molar-refractivity contribution is 7.89. The summed E-state index contributed by atoms with van der Waals surface area (Å²) in [5.41, 5.74) is 0.310. The molecule has 7 nitrogen and oxygen atoms in total. The number of rotatable bonds is 7. The molecule has 0 heterocycles. The van der Waals surface area contributed by atoms with Crippen LogP contribution < -0.4 is 5.32 Å². The third-order valence-electron chi connectivity index (χ3n) is 3.66. The van der Waals surface area contributed by atoms with Gasteiger partial charge in [0.2, 0.25) is 10.0 Å². The third-order valence-corrected chi connectivity index (χ3v) is 5.48. The molecule has 0 bridgehead atoms. The molecular formula is C18H18F2N2O5S. The maximum atomic E-state index is 12.9. The Hall–Kier alpha value is -2.85. The lowest BCUT2D eigenvalue weighted by molar-refractivity contribution is -0.153. The molecule has 0 radical (unpaired) electrons. The van der Waals surface area contributed by atoms with Crippen molar-refractivity contribution in [3.05, 3.63) is 60.2 Å². The van der Waals surface area contributed by atoms with Crippen LogP contribution in [-0.4, -0.2) is 44.3 Å². The first-order valence-electron chi connectivity index (χ1n) is 8.07. The van der Waals surface area contributed by atoms with E-state index in [1.54, 1.807) is 0 Å². The summed E-state index contributed by atoms with van der Waals surface area (Å²) in [4.78, 5) is 23.8. The number of hydrogen-bond acceptors (Lipinski definition) is 5. The van der Waals surface area contributed by atoms with Crippen LogP contribution in [0.3, 0.4) is 0 Å². The van der Waals surface area contributed by atoms with Crippen LogP contribution in [0.25, 0.3) is 0 Å². The lowest BCUT2D eigenvalue weighted by Crippen LogP contribution is -2.37. The van der Waals surface area contributed by atoms with Crippen molar-refractivity contribution in [2.75, 3.05) is 18.9 Å². The molecule has 10 heteroatoms. The van der Waals surface area contributed by atoms with E-state index in [2.05, 4.69) is 5.32 Å². The number of nitrogens with zero attached hydrogens (tertiary/aromatic N) is 1. The number of anilines is 1. The maximum Gasteiger partial charge on any atom is 0.322 e. The maximum absolute atomic E-state index is 12.9. The molecule has 1 N–H and O–H groups in total. The van der Waals surface area contributed by atoms with Crippen molar-refractivity contribution in [3.8, 4) is 0 Å². The average Bonchev–Trinajstić information content (AvgIpc) is 2.63. The molecule has 0 unspecified atom stereocenters. The van der Waals surface area contributed by atoms with E-state index < -0.39 is 46.2 Å². The first-order valence-corrected chi connectivity index (χ1v) is 9.51. The zero-order chi connectivity index (χ0) is 20.9. The van der Waals surface area contributed by atoms with Gasteiger partial charge in [0, 0.05) is 12.7 Å². The van der Waals surface area contributed by atoms with Gasteiger partial charge in [0.1, 0.15) is 18.2 Å². The Morgan fingerprint density at radius 2 is 1.54 bits per heavy atom. The highest BCUT2D eigenvalue weighted by Crippen LogP contribution is 2.15. The van der Waals surface area contributed by atoms with E-state index in [1.807, 2.05) is 0 Å². The molecule has 0 aliphatic carbocycles. The monoisotopic (exact) mass is 412 g/mol. The number of ether oxygens (including phenoxy) is 1. The Balaban J connectivity index is 1.93. The fraction of sp³-hybridized carbons (Fsp3) is 0.222. The van der Waals surface area contributed by atoms with E-state index in [1.165, 1.54) is 19.1 Å². The molecule has 0 aliphatic heterocycles. The number of carbonyl (C=O) groups excluding carboxylic acids is 2. The Bertz CT molecular complexity index is 947. The number of carbonyl (C=O) groups is 2. The predicted octanol–water partition coefficient (Wildman–Crippen LogP) is 2.16. The van der Waals surface area contributed by atoms with E-state index in [9.17, 15) is 26.8 Å². The zero-order valence-electron chi connectivity index (χ0n) is 15.1. The average molecular weight is 412 g/mol. The third kappa shape index (κ3) is 5.57. The van der Waals surface area contributed by atoms with Gasteiger partial charge in [0.15, 0.2) is 6.10 Å². The van der Waals surface area contributed by atoms with Gasteiger partial charge >= 0.3 is 5.97 Å². The Labute approximate surface area is 161 Å². The SMILES string of the molecule is C[C@H](OC(=O)CN(C)S(=O)(=O)c1ccc(F)cc1)C(=O)Nc1ccc(F)cc1. The van der Waals surface area contributed by atoms with Gasteiger partial charge in [-0.3, -0.25) is 9.59 Å². The highest BCUT2D eigenvalue weighted by Gasteiger charge is 2.25. The van der Waals surface area contributed by atoms with Gasteiger partial charge in [0.05, 0.1) is 4.90 Å². The Kier molecular flexibility index (Phi) is 6.81. The van der Waals surface area contributed by atoms with Gasteiger partial charge in [-0.05, 0) is 55.5 Å². The second-order valence-corrected chi connectivity index (χ2v) is 7.89. The smallest absolute Gasteiger partial charge is 0.322 e. The van der Waals surface area contributed by atoms with Crippen LogP contribution in [0.4, 0.5) is 14.5 Å². The lowest BCUT2D eigenvalue weighted by Gasteiger charge is -2.18. The van der Waals surface area contributed by atoms with Gasteiger partial charge in [-0.1, -0.05) is 0 Å². The largest absolute Gasteiger partial charge is 0.452 e. The first kappa shape index (κ1) is 21.5. The molecular weight excluding hydrogens is 394 g/mol. The van der Waals surface area contributed by atoms with Crippen molar-refractivity contribution < 1.29 is 31.5 Å². The van der Waals surface area contributed by atoms with E-state index >= 15 is 0 Å². The van der Waals surface area contributed by atoms with E-state index in [-0.39, 0.29) is 4.90 Å². The number of hydrogen-bond donors (Lipinski definition) is 1. The number of nitrogens with one attached hydrogen (secondary N) is 1. The lowest BCUT2D eigenvalue weighted by atomic mass is 10.3. The predicted molar refractivity (Wildman–Crippen MR) is 96.8 cm³/mol. The summed E-state index contributed by atoms with van der Waals surface area (Å²) in [6.07, 6.45) is -1.21. The summed E-state index contributed by atoms with van der Waals surface area (Å²) in [5, 5.41) is 2.44. The van der Waals surface area contributed by atoms with Crippen LogP contribution in [0.15, 0.2) is 53.4 Å². The Morgan fingerprint density at radius 1 is 1.04 bits per heavy atom. The molecule has 28 heavy (non-hydrogen) atoms. The van der Waals surface area contributed by atoms with Crippen molar-refractivity contribution >= 4 is 27.6 Å². The number of amides is 1. The van der Waals surface area contributed by atoms with Gasteiger partial charge < -0.3 is 10.1 Å². The minimum Gasteiger partial charge on any atom is -0.452 e.